The number of carboxylic acids is 1. The lowest BCUT2D eigenvalue weighted by molar-refractivity contribution is 0.0697. The highest BCUT2D eigenvalue weighted by atomic mass is 19.1. The molecular formula is C14H10FN3O2. The Balaban J connectivity index is 2.42. The number of nitrogens with one attached hydrogen (secondary N) is 1. The van der Waals surface area contributed by atoms with Crippen LogP contribution in [0.3, 0.4) is 0 Å². The van der Waals surface area contributed by atoms with Gasteiger partial charge in [-0.25, -0.2) is 9.18 Å². The van der Waals surface area contributed by atoms with E-state index >= 15 is 0 Å². The SMILES string of the molecule is Cc1cc(Nc2ccc(C#N)cc2F)c(C(=O)O)cn1. The molecule has 0 atom stereocenters. The average Bonchev–Trinajstić information content (AvgIpc) is 2.40. The van der Waals surface area contributed by atoms with E-state index in [1.54, 1.807) is 6.92 Å². The van der Waals surface area contributed by atoms with Crippen LogP contribution < -0.4 is 5.32 Å². The van der Waals surface area contributed by atoms with Gasteiger partial charge in [-0.2, -0.15) is 5.26 Å². The van der Waals surface area contributed by atoms with Crippen molar-refractivity contribution in [1.29, 1.82) is 5.26 Å². The Kier molecular flexibility index (Phi) is 3.62. The normalized spacial score (nSPS) is 9.85. The van der Waals surface area contributed by atoms with Crippen LogP contribution in [-0.2, 0) is 0 Å². The number of benzene rings is 1. The van der Waals surface area contributed by atoms with Gasteiger partial charge in [-0.15, -0.1) is 0 Å². The summed E-state index contributed by atoms with van der Waals surface area (Å²) in [6, 6.07) is 7.25. The summed E-state index contributed by atoms with van der Waals surface area (Å²) in [5.74, 6) is -1.79. The number of nitriles is 1. The lowest BCUT2D eigenvalue weighted by Gasteiger charge is -2.11. The zero-order chi connectivity index (χ0) is 14.7. The topological polar surface area (TPSA) is 86.0 Å². The van der Waals surface area contributed by atoms with Crippen LogP contribution in [-0.4, -0.2) is 16.1 Å². The summed E-state index contributed by atoms with van der Waals surface area (Å²) in [7, 11) is 0. The van der Waals surface area contributed by atoms with Gasteiger partial charge in [0.05, 0.1) is 23.0 Å². The van der Waals surface area contributed by atoms with E-state index in [0.717, 1.165) is 6.07 Å². The van der Waals surface area contributed by atoms with Crippen LogP contribution in [0, 0.1) is 24.1 Å². The maximum atomic E-state index is 13.8. The van der Waals surface area contributed by atoms with Gasteiger partial charge in [0.15, 0.2) is 0 Å². The number of nitrogens with zero attached hydrogens (tertiary/aromatic N) is 2. The smallest absolute Gasteiger partial charge is 0.339 e. The molecule has 5 nitrogen and oxygen atoms in total. The maximum Gasteiger partial charge on any atom is 0.339 e. The fourth-order valence-electron chi connectivity index (χ4n) is 1.66. The van der Waals surface area contributed by atoms with E-state index in [1.165, 1.54) is 24.4 Å². The first-order valence-corrected chi connectivity index (χ1v) is 5.68. The molecule has 1 aromatic carbocycles. The van der Waals surface area contributed by atoms with Crippen molar-refractivity contribution in [2.75, 3.05) is 5.32 Å². The highest BCUT2D eigenvalue weighted by molar-refractivity contribution is 5.94. The predicted octanol–water partition coefficient (Wildman–Crippen LogP) is 2.84. The Bertz CT molecular complexity index is 723. The van der Waals surface area contributed by atoms with Crippen molar-refractivity contribution in [2.24, 2.45) is 0 Å². The molecular weight excluding hydrogens is 261 g/mol. The van der Waals surface area contributed by atoms with E-state index in [4.69, 9.17) is 10.4 Å². The number of halogens is 1. The second-order valence-corrected chi connectivity index (χ2v) is 4.11. The van der Waals surface area contributed by atoms with Crippen molar-refractivity contribution in [3.8, 4) is 6.07 Å². The third-order valence-electron chi connectivity index (χ3n) is 2.64. The molecule has 0 aliphatic rings. The first-order chi connectivity index (χ1) is 9.51. The Morgan fingerprint density at radius 2 is 2.15 bits per heavy atom. The average molecular weight is 271 g/mol. The monoisotopic (exact) mass is 271 g/mol. The van der Waals surface area contributed by atoms with Crippen molar-refractivity contribution >= 4 is 17.3 Å². The fourth-order valence-corrected chi connectivity index (χ4v) is 1.66. The maximum absolute atomic E-state index is 13.8. The predicted molar refractivity (Wildman–Crippen MR) is 70.3 cm³/mol. The van der Waals surface area contributed by atoms with Gasteiger partial charge in [-0.05, 0) is 31.2 Å². The summed E-state index contributed by atoms with van der Waals surface area (Å²) in [6.45, 7) is 1.70. The Hall–Kier alpha value is -2.94. The third-order valence-corrected chi connectivity index (χ3v) is 2.64. The van der Waals surface area contributed by atoms with Crippen LogP contribution in [0.1, 0.15) is 21.6 Å². The fraction of sp³-hybridized carbons (Fsp3) is 0.0714. The van der Waals surface area contributed by atoms with Crippen molar-refractivity contribution < 1.29 is 14.3 Å². The summed E-state index contributed by atoms with van der Waals surface area (Å²) in [5.41, 5.74) is 1.08. The number of carbonyl (C=O) groups is 1. The molecule has 6 heteroatoms. The van der Waals surface area contributed by atoms with Gasteiger partial charge in [0.1, 0.15) is 11.4 Å². The highest BCUT2D eigenvalue weighted by Gasteiger charge is 2.13. The second-order valence-electron chi connectivity index (χ2n) is 4.11. The largest absolute Gasteiger partial charge is 0.478 e. The minimum Gasteiger partial charge on any atom is -0.478 e. The van der Waals surface area contributed by atoms with Gasteiger partial charge in [0.25, 0.3) is 0 Å². The van der Waals surface area contributed by atoms with Crippen LogP contribution >= 0.6 is 0 Å². The zero-order valence-corrected chi connectivity index (χ0v) is 10.5. The number of carboxylic acid groups (broad SMARTS) is 1. The molecule has 0 fully saturated rings. The van der Waals surface area contributed by atoms with Crippen LogP contribution in [0.4, 0.5) is 15.8 Å². The third kappa shape index (κ3) is 2.72. The minimum atomic E-state index is -1.16. The van der Waals surface area contributed by atoms with Gasteiger partial charge in [0.2, 0.25) is 0 Å². The standard InChI is InChI=1S/C14H10FN3O2/c1-8-4-13(10(7-17-8)14(19)20)18-12-3-2-9(6-16)5-11(12)15/h2-5,7H,1H3,(H,17,18)(H,19,20). The van der Waals surface area contributed by atoms with E-state index < -0.39 is 11.8 Å². The number of aromatic carboxylic acids is 1. The quantitative estimate of drug-likeness (QED) is 0.896. The molecule has 2 N–H and O–H groups in total. The van der Waals surface area contributed by atoms with Gasteiger partial charge in [-0.1, -0.05) is 0 Å². The Morgan fingerprint density at radius 1 is 1.40 bits per heavy atom. The molecule has 0 aliphatic carbocycles. The molecule has 2 rings (SSSR count). The zero-order valence-electron chi connectivity index (χ0n) is 10.5. The molecule has 0 bridgehead atoms. The highest BCUT2D eigenvalue weighted by Crippen LogP contribution is 2.24. The summed E-state index contributed by atoms with van der Waals surface area (Å²) < 4.78 is 13.8. The van der Waals surface area contributed by atoms with Crippen LogP contribution in [0.2, 0.25) is 0 Å². The number of pyridine rings is 1. The Morgan fingerprint density at radius 3 is 2.75 bits per heavy atom. The molecule has 0 amide bonds. The molecule has 100 valence electrons. The lowest BCUT2D eigenvalue weighted by Crippen LogP contribution is -2.05. The van der Waals surface area contributed by atoms with E-state index in [2.05, 4.69) is 10.3 Å². The van der Waals surface area contributed by atoms with Crippen molar-refractivity contribution in [3.63, 3.8) is 0 Å². The van der Waals surface area contributed by atoms with E-state index in [-0.39, 0.29) is 22.5 Å². The van der Waals surface area contributed by atoms with Crippen molar-refractivity contribution in [3.05, 3.63) is 53.1 Å². The van der Waals surface area contributed by atoms with E-state index in [9.17, 15) is 9.18 Å². The molecule has 0 saturated carbocycles. The number of anilines is 2. The summed E-state index contributed by atoms with van der Waals surface area (Å²) in [5, 5.41) is 20.5. The number of hydrogen-bond donors (Lipinski definition) is 2. The van der Waals surface area contributed by atoms with Gasteiger partial charge in [-0.3, -0.25) is 4.98 Å². The van der Waals surface area contributed by atoms with Crippen molar-refractivity contribution in [1.82, 2.24) is 4.98 Å². The molecule has 1 heterocycles. The van der Waals surface area contributed by atoms with Gasteiger partial charge < -0.3 is 10.4 Å². The lowest BCUT2D eigenvalue weighted by atomic mass is 10.1. The molecule has 0 unspecified atom stereocenters. The summed E-state index contributed by atoms with van der Waals surface area (Å²) in [4.78, 5) is 15.0. The first-order valence-electron chi connectivity index (χ1n) is 5.68. The van der Waals surface area contributed by atoms with Gasteiger partial charge >= 0.3 is 5.97 Å². The number of rotatable bonds is 3. The second kappa shape index (κ2) is 5.36. The molecule has 1 aromatic heterocycles. The van der Waals surface area contributed by atoms with Gasteiger partial charge in [0, 0.05) is 11.9 Å². The first kappa shape index (κ1) is 13.5. The van der Waals surface area contributed by atoms with Crippen LogP contribution in [0.25, 0.3) is 0 Å². The molecule has 0 radical (unpaired) electrons. The van der Waals surface area contributed by atoms with E-state index in [1.807, 2.05) is 6.07 Å². The van der Waals surface area contributed by atoms with Crippen molar-refractivity contribution in [2.45, 2.75) is 6.92 Å². The summed E-state index contributed by atoms with van der Waals surface area (Å²) in [6.07, 6.45) is 1.21. The minimum absolute atomic E-state index is 0.0561. The molecule has 20 heavy (non-hydrogen) atoms. The molecule has 0 spiro atoms. The molecule has 2 aromatic rings. The summed E-state index contributed by atoms with van der Waals surface area (Å²) >= 11 is 0. The number of hydrogen-bond acceptors (Lipinski definition) is 4. The number of aromatic nitrogens is 1. The molecule has 0 saturated heterocycles. The van der Waals surface area contributed by atoms with E-state index in [0.29, 0.717) is 5.69 Å². The Labute approximate surface area is 114 Å². The van der Waals surface area contributed by atoms with Crippen LogP contribution in [0.5, 0.6) is 0 Å². The molecule has 0 aliphatic heterocycles. The number of aryl methyl sites for hydroxylation is 1. The van der Waals surface area contributed by atoms with Crippen LogP contribution in [0.15, 0.2) is 30.5 Å².